The van der Waals surface area contributed by atoms with Crippen molar-refractivity contribution in [2.75, 3.05) is 12.8 Å². The van der Waals surface area contributed by atoms with Crippen molar-refractivity contribution in [2.24, 2.45) is 17.1 Å². The van der Waals surface area contributed by atoms with Crippen LogP contribution in [0.5, 0.6) is 0 Å². The lowest BCUT2D eigenvalue weighted by atomic mass is 10.0. The van der Waals surface area contributed by atoms with Crippen LogP contribution in [-0.4, -0.2) is 12.8 Å². The number of hydrogen-bond acceptors (Lipinski definition) is 2. The van der Waals surface area contributed by atoms with E-state index in [-0.39, 0.29) is 0 Å². The van der Waals surface area contributed by atoms with Gasteiger partial charge in [0.25, 0.3) is 0 Å². The average Bonchev–Trinajstić information content (AvgIpc) is 2.80. The van der Waals surface area contributed by atoms with E-state index in [9.17, 15) is 0 Å². The molecule has 2 N–H and O–H groups in total. The SMILES string of the molecule is CSc1ccc([C@H]2[C@H](CN)C2(C)C)cc1. The molecule has 15 heavy (non-hydrogen) atoms. The monoisotopic (exact) mass is 221 g/mol. The summed E-state index contributed by atoms with van der Waals surface area (Å²) in [5.41, 5.74) is 7.64. The summed E-state index contributed by atoms with van der Waals surface area (Å²) >= 11 is 1.79. The van der Waals surface area contributed by atoms with E-state index in [1.165, 1.54) is 10.5 Å². The molecule has 0 amide bonds. The first-order chi connectivity index (χ1) is 7.11. The van der Waals surface area contributed by atoms with Crippen LogP contribution >= 0.6 is 11.8 Å². The molecule has 1 aromatic rings. The Bertz CT molecular complexity index is 342. The highest BCUT2D eigenvalue weighted by molar-refractivity contribution is 7.98. The third-order valence-electron chi connectivity index (χ3n) is 3.78. The van der Waals surface area contributed by atoms with Crippen molar-refractivity contribution in [2.45, 2.75) is 24.7 Å². The highest BCUT2D eigenvalue weighted by Crippen LogP contribution is 2.63. The van der Waals surface area contributed by atoms with Gasteiger partial charge in [-0.25, -0.2) is 0 Å². The third kappa shape index (κ3) is 1.81. The summed E-state index contributed by atoms with van der Waals surface area (Å²) in [6, 6.07) is 8.94. The molecular weight excluding hydrogens is 202 g/mol. The first-order valence-corrected chi connectivity index (χ1v) is 6.67. The summed E-state index contributed by atoms with van der Waals surface area (Å²) in [6.07, 6.45) is 2.11. The minimum absolute atomic E-state index is 0.398. The summed E-state index contributed by atoms with van der Waals surface area (Å²) in [4.78, 5) is 1.33. The Balaban J connectivity index is 2.18. The molecule has 2 heteroatoms. The van der Waals surface area contributed by atoms with Gasteiger partial charge in [0.2, 0.25) is 0 Å². The van der Waals surface area contributed by atoms with Crippen molar-refractivity contribution in [3.63, 3.8) is 0 Å². The maximum atomic E-state index is 5.79. The first-order valence-electron chi connectivity index (χ1n) is 5.45. The molecular formula is C13H19NS. The van der Waals surface area contributed by atoms with Gasteiger partial charge in [0.05, 0.1) is 0 Å². The Labute approximate surface area is 96.4 Å². The number of nitrogens with two attached hydrogens (primary N) is 1. The maximum Gasteiger partial charge on any atom is 0.00693 e. The van der Waals surface area contributed by atoms with Gasteiger partial charge in [0, 0.05) is 4.90 Å². The molecule has 1 aliphatic carbocycles. The lowest BCUT2D eigenvalue weighted by Gasteiger charge is -2.03. The van der Waals surface area contributed by atoms with Crippen molar-refractivity contribution in [3.05, 3.63) is 29.8 Å². The number of benzene rings is 1. The van der Waals surface area contributed by atoms with E-state index in [0.717, 1.165) is 6.54 Å². The Hall–Kier alpha value is -0.470. The van der Waals surface area contributed by atoms with Gasteiger partial charge in [-0.05, 0) is 47.7 Å². The predicted molar refractivity (Wildman–Crippen MR) is 67.3 cm³/mol. The molecule has 0 bridgehead atoms. The molecule has 1 aromatic carbocycles. The Kier molecular flexibility index (Phi) is 2.82. The third-order valence-corrected chi connectivity index (χ3v) is 4.52. The van der Waals surface area contributed by atoms with Crippen LogP contribution in [-0.2, 0) is 0 Å². The number of thioether (sulfide) groups is 1. The quantitative estimate of drug-likeness (QED) is 0.794. The van der Waals surface area contributed by atoms with E-state index in [1.54, 1.807) is 11.8 Å². The topological polar surface area (TPSA) is 26.0 Å². The average molecular weight is 221 g/mol. The smallest absolute Gasteiger partial charge is 0.00693 e. The zero-order valence-electron chi connectivity index (χ0n) is 9.66. The molecule has 0 unspecified atom stereocenters. The Morgan fingerprint density at radius 3 is 2.27 bits per heavy atom. The van der Waals surface area contributed by atoms with Gasteiger partial charge in [-0.2, -0.15) is 0 Å². The summed E-state index contributed by atoms with van der Waals surface area (Å²) in [6.45, 7) is 5.44. The van der Waals surface area contributed by atoms with Crippen molar-refractivity contribution in [3.8, 4) is 0 Å². The summed E-state index contributed by atoms with van der Waals surface area (Å²) in [7, 11) is 0. The van der Waals surface area contributed by atoms with E-state index in [0.29, 0.717) is 17.3 Å². The highest BCUT2D eigenvalue weighted by Gasteiger charge is 2.56. The molecule has 2 rings (SSSR count). The fourth-order valence-electron chi connectivity index (χ4n) is 2.66. The van der Waals surface area contributed by atoms with Crippen molar-refractivity contribution < 1.29 is 0 Å². The fourth-order valence-corrected chi connectivity index (χ4v) is 3.07. The van der Waals surface area contributed by atoms with Gasteiger partial charge in [-0.3, -0.25) is 0 Å². The van der Waals surface area contributed by atoms with Gasteiger partial charge in [-0.15, -0.1) is 11.8 Å². The van der Waals surface area contributed by atoms with Crippen molar-refractivity contribution in [1.82, 2.24) is 0 Å². The molecule has 0 heterocycles. The van der Waals surface area contributed by atoms with Crippen LogP contribution in [0.4, 0.5) is 0 Å². The van der Waals surface area contributed by atoms with Gasteiger partial charge < -0.3 is 5.73 Å². The van der Waals surface area contributed by atoms with Crippen molar-refractivity contribution >= 4 is 11.8 Å². The molecule has 0 aromatic heterocycles. The molecule has 0 aliphatic heterocycles. The molecule has 1 nitrogen and oxygen atoms in total. The summed E-state index contributed by atoms with van der Waals surface area (Å²) < 4.78 is 0. The second-order valence-electron chi connectivity index (χ2n) is 4.91. The van der Waals surface area contributed by atoms with E-state index in [2.05, 4.69) is 44.4 Å². The largest absolute Gasteiger partial charge is 0.330 e. The molecule has 1 aliphatic rings. The first kappa shape index (κ1) is 11.0. The summed E-state index contributed by atoms with van der Waals surface area (Å²) in [5, 5.41) is 0. The lowest BCUT2D eigenvalue weighted by molar-refractivity contribution is 0.558. The van der Waals surface area contributed by atoms with Crippen LogP contribution in [0.2, 0.25) is 0 Å². The van der Waals surface area contributed by atoms with Crippen LogP contribution in [0.15, 0.2) is 29.2 Å². The van der Waals surface area contributed by atoms with Gasteiger partial charge in [0.1, 0.15) is 0 Å². The maximum absolute atomic E-state index is 5.79. The number of hydrogen-bond donors (Lipinski definition) is 1. The van der Waals surface area contributed by atoms with Crippen LogP contribution in [0.3, 0.4) is 0 Å². The Morgan fingerprint density at radius 2 is 1.87 bits per heavy atom. The van der Waals surface area contributed by atoms with E-state index >= 15 is 0 Å². The summed E-state index contributed by atoms with van der Waals surface area (Å²) in [5.74, 6) is 1.33. The van der Waals surface area contributed by atoms with Gasteiger partial charge in [0.15, 0.2) is 0 Å². The van der Waals surface area contributed by atoms with Crippen LogP contribution < -0.4 is 5.73 Å². The normalized spacial score (nSPS) is 27.7. The zero-order valence-corrected chi connectivity index (χ0v) is 10.5. The van der Waals surface area contributed by atoms with Crippen LogP contribution in [0, 0.1) is 11.3 Å². The number of rotatable bonds is 3. The minimum atomic E-state index is 0.398. The van der Waals surface area contributed by atoms with Crippen LogP contribution in [0.25, 0.3) is 0 Å². The molecule has 0 radical (unpaired) electrons. The van der Waals surface area contributed by atoms with Gasteiger partial charge >= 0.3 is 0 Å². The zero-order chi connectivity index (χ0) is 11.1. The minimum Gasteiger partial charge on any atom is -0.330 e. The molecule has 1 saturated carbocycles. The standard InChI is InChI=1S/C13H19NS/c1-13(2)11(8-14)12(13)9-4-6-10(15-3)7-5-9/h4-7,11-12H,8,14H2,1-3H3/t11-,12-/m0/s1. The van der Waals surface area contributed by atoms with Crippen LogP contribution in [0.1, 0.15) is 25.3 Å². The molecule has 82 valence electrons. The van der Waals surface area contributed by atoms with Gasteiger partial charge in [-0.1, -0.05) is 26.0 Å². The van der Waals surface area contributed by atoms with E-state index in [1.807, 2.05) is 0 Å². The lowest BCUT2D eigenvalue weighted by Crippen LogP contribution is -2.05. The second-order valence-corrected chi connectivity index (χ2v) is 5.79. The Morgan fingerprint density at radius 1 is 1.27 bits per heavy atom. The second kappa shape index (κ2) is 3.84. The molecule has 1 fully saturated rings. The highest BCUT2D eigenvalue weighted by atomic mass is 32.2. The van der Waals surface area contributed by atoms with E-state index < -0.39 is 0 Å². The van der Waals surface area contributed by atoms with E-state index in [4.69, 9.17) is 5.73 Å². The molecule has 0 saturated heterocycles. The fraction of sp³-hybridized carbons (Fsp3) is 0.538. The predicted octanol–water partition coefficient (Wildman–Crippen LogP) is 3.11. The van der Waals surface area contributed by atoms with Crippen molar-refractivity contribution in [1.29, 1.82) is 0 Å². The molecule has 0 spiro atoms. The molecule has 2 atom stereocenters.